The summed E-state index contributed by atoms with van der Waals surface area (Å²) < 4.78 is 0.438. The topological polar surface area (TPSA) is 70.5 Å². The molecule has 0 saturated carbocycles. The summed E-state index contributed by atoms with van der Waals surface area (Å²) >= 11 is 0. The number of nitrogens with zero attached hydrogens (tertiary/aromatic N) is 1. The summed E-state index contributed by atoms with van der Waals surface area (Å²) in [4.78, 5) is 0. The molecule has 4 heteroatoms. The highest BCUT2D eigenvalue weighted by atomic mass is 16.3. The van der Waals surface area contributed by atoms with Gasteiger partial charge in [0.25, 0.3) is 0 Å². The first-order valence-corrected chi connectivity index (χ1v) is 4.31. The molecular formula is C8H21NO3. The van der Waals surface area contributed by atoms with Crippen molar-refractivity contribution in [3.63, 3.8) is 0 Å². The van der Waals surface area contributed by atoms with Gasteiger partial charge in [-0.25, -0.2) is 0 Å². The molecule has 0 heterocycles. The van der Waals surface area contributed by atoms with Crippen LogP contribution in [0, 0.1) is 0 Å². The minimum absolute atomic E-state index is 0. The van der Waals surface area contributed by atoms with Crippen molar-refractivity contribution in [3.8, 4) is 0 Å². The highest BCUT2D eigenvalue weighted by Gasteiger charge is 2.22. The molecule has 0 aliphatic rings. The standard InChI is InChI=1S/C8H20NO2.H2O/c1-3-5-9(7-10,8-11)6-4-2;/h10-11H,3-8H2,1-2H3;1H2/q+1;/p-1. The first kappa shape index (κ1) is 14.4. The Hall–Kier alpha value is -0.160. The molecule has 0 rings (SSSR count). The van der Waals surface area contributed by atoms with Crippen molar-refractivity contribution in [2.75, 3.05) is 26.6 Å². The quantitative estimate of drug-likeness (QED) is 0.456. The molecule has 0 radical (unpaired) electrons. The first-order chi connectivity index (χ1) is 5.24. The molecule has 0 bridgehead atoms. The molecule has 0 fully saturated rings. The van der Waals surface area contributed by atoms with E-state index in [-0.39, 0.29) is 18.9 Å². The van der Waals surface area contributed by atoms with E-state index in [1.54, 1.807) is 0 Å². The number of rotatable bonds is 6. The maximum atomic E-state index is 9.05. The Bertz CT molecular complexity index is 86.3. The largest absolute Gasteiger partial charge is 0.870 e. The van der Waals surface area contributed by atoms with Gasteiger partial charge in [-0.15, -0.1) is 0 Å². The molecular weight excluding hydrogens is 158 g/mol. The molecule has 0 spiro atoms. The van der Waals surface area contributed by atoms with Crippen molar-refractivity contribution >= 4 is 0 Å². The van der Waals surface area contributed by atoms with Gasteiger partial charge in [0.2, 0.25) is 0 Å². The highest BCUT2D eigenvalue weighted by molar-refractivity contribution is 4.34. The summed E-state index contributed by atoms with van der Waals surface area (Å²) in [6.07, 6.45) is 2.00. The van der Waals surface area contributed by atoms with Crippen molar-refractivity contribution in [2.24, 2.45) is 0 Å². The zero-order valence-electron chi connectivity index (χ0n) is 8.03. The van der Waals surface area contributed by atoms with Crippen molar-refractivity contribution in [3.05, 3.63) is 0 Å². The van der Waals surface area contributed by atoms with Crippen LogP contribution in [0.15, 0.2) is 0 Å². The van der Waals surface area contributed by atoms with Gasteiger partial charge in [-0.2, -0.15) is 0 Å². The van der Waals surface area contributed by atoms with Gasteiger partial charge in [-0.1, -0.05) is 13.8 Å². The SMILES string of the molecule is CCC[N+](CO)(CO)CCC.[OH-]. The monoisotopic (exact) mass is 179 g/mol. The molecule has 12 heavy (non-hydrogen) atoms. The van der Waals surface area contributed by atoms with Gasteiger partial charge in [-0.05, 0) is 12.8 Å². The third-order valence-electron chi connectivity index (χ3n) is 2.00. The van der Waals surface area contributed by atoms with Gasteiger partial charge < -0.3 is 15.7 Å². The third-order valence-corrected chi connectivity index (χ3v) is 2.00. The lowest BCUT2D eigenvalue weighted by Gasteiger charge is -2.33. The van der Waals surface area contributed by atoms with E-state index >= 15 is 0 Å². The van der Waals surface area contributed by atoms with Crippen molar-refractivity contribution in [1.82, 2.24) is 0 Å². The Morgan fingerprint density at radius 1 is 0.917 bits per heavy atom. The van der Waals surface area contributed by atoms with Crippen LogP contribution in [0.1, 0.15) is 26.7 Å². The predicted octanol–water partition coefficient (Wildman–Crippen LogP) is 0.346. The lowest BCUT2D eigenvalue weighted by Crippen LogP contribution is -2.50. The smallest absolute Gasteiger partial charge is 0.182 e. The highest BCUT2D eigenvalue weighted by Crippen LogP contribution is 2.06. The average Bonchev–Trinajstić information content (AvgIpc) is 2.04. The summed E-state index contributed by atoms with van der Waals surface area (Å²) in [6.45, 7) is 5.96. The second kappa shape index (κ2) is 7.49. The summed E-state index contributed by atoms with van der Waals surface area (Å²) in [5, 5.41) is 18.1. The maximum absolute atomic E-state index is 9.05. The van der Waals surface area contributed by atoms with E-state index in [1.165, 1.54) is 0 Å². The predicted molar refractivity (Wildman–Crippen MR) is 46.7 cm³/mol. The molecule has 0 aromatic heterocycles. The Kier molecular flexibility index (Phi) is 8.97. The van der Waals surface area contributed by atoms with Crippen LogP contribution < -0.4 is 0 Å². The number of aliphatic hydroxyl groups excluding tert-OH is 2. The van der Waals surface area contributed by atoms with E-state index in [0.717, 1.165) is 25.9 Å². The average molecular weight is 179 g/mol. The molecule has 0 amide bonds. The normalized spacial score (nSPS) is 11.0. The summed E-state index contributed by atoms with van der Waals surface area (Å²) in [6, 6.07) is 0. The summed E-state index contributed by atoms with van der Waals surface area (Å²) in [5.41, 5.74) is 0. The van der Waals surface area contributed by atoms with E-state index in [9.17, 15) is 0 Å². The molecule has 0 aliphatic heterocycles. The van der Waals surface area contributed by atoms with Crippen LogP contribution in [0.25, 0.3) is 0 Å². The lowest BCUT2D eigenvalue weighted by atomic mass is 10.3. The molecule has 0 saturated heterocycles. The second-order valence-corrected chi connectivity index (χ2v) is 3.07. The van der Waals surface area contributed by atoms with Gasteiger partial charge in [0, 0.05) is 0 Å². The van der Waals surface area contributed by atoms with Crippen LogP contribution >= 0.6 is 0 Å². The zero-order chi connectivity index (χ0) is 8.74. The Morgan fingerprint density at radius 3 is 1.42 bits per heavy atom. The summed E-state index contributed by atoms with van der Waals surface area (Å²) in [7, 11) is 0. The maximum Gasteiger partial charge on any atom is 0.182 e. The fraction of sp³-hybridized carbons (Fsp3) is 1.00. The third kappa shape index (κ3) is 4.01. The van der Waals surface area contributed by atoms with Gasteiger partial charge in [0.05, 0.1) is 13.1 Å². The van der Waals surface area contributed by atoms with Crippen LogP contribution in [0.3, 0.4) is 0 Å². The van der Waals surface area contributed by atoms with Gasteiger partial charge in [-0.3, -0.25) is 4.48 Å². The Labute approximate surface area is 74.3 Å². The molecule has 0 atom stereocenters. The summed E-state index contributed by atoms with van der Waals surface area (Å²) in [5.74, 6) is 0. The van der Waals surface area contributed by atoms with Gasteiger partial charge in [0.1, 0.15) is 0 Å². The molecule has 3 N–H and O–H groups in total. The van der Waals surface area contributed by atoms with Crippen molar-refractivity contribution in [1.29, 1.82) is 0 Å². The molecule has 0 unspecified atom stereocenters. The number of aliphatic hydroxyl groups is 2. The molecule has 76 valence electrons. The van der Waals surface area contributed by atoms with E-state index in [1.807, 2.05) is 0 Å². The Balaban J connectivity index is 0. The molecule has 0 aromatic carbocycles. The fourth-order valence-corrected chi connectivity index (χ4v) is 1.39. The second-order valence-electron chi connectivity index (χ2n) is 3.07. The van der Waals surface area contributed by atoms with Crippen molar-refractivity contribution < 1.29 is 20.2 Å². The van der Waals surface area contributed by atoms with Crippen LogP contribution in [-0.4, -0.2) is 46.7 Å². The first-order valence-electron chi connectivity index (χ1n) is 4.31. The molecule has 4 nitrogen and oxygen atoms in total. The van der Waals surface area contributed by atoms with Gasteiger partial charge >= 0.3 is 0 Å². The van der Waals surface area contributed by atoms with E-state index in [0.29, 0.717) is 4.48 Å². The van der Waals surface area contributed by atoms with Crippen LogP contribution in [0.5, 0.6) is 0 Å². The van der Waals surface area contributed by atoms with Crippen LogP contribution in [-0.2, 0) is 0 Å². The molecule has 0 aromatic rings. The van der Waals surface area contributed by atoms with Crippen LogP contribution in [0.4, 0.5) is 0 Å². The number of hydrogen-bond donors (Lipinski definition) is 2. The zero-order valence-corrected chi connectivity index (χ0v) is 8.03. The Morgan fingerprint density at radius 2 is 1.25 bits per heavy atom. The minimum atomic E-state index is 0. The number of quaternary nitrogens is 1. The van der Waals surface area contributed by atoms with Crippen LogP contribution in [0.2, 0.25) is 0 Å². The molecule has 0 aliphatic carbocycles. The minimum Gasteiger partial charge on any atom is -0.870 e. The van der Waals surface area contributed by atoms with E-state index in [2.05, 4.69) is 13.8 Å². The van der Waals surface area contributed by atoms with Gasteiger partial charge in [0.15, 0.2) is 13.5 Å². The van der Waals surface area contributed by atoms with Crippen molar-refractivity contribution in [2.45, 2.75) is 26.7 Å². The van der Waals surface area contributed by atoms with E-state index < -0.39 is 0 Å². The number of hydrogen-bond acceptors (Lipinski definition) is 3. The lowest BCUT2D eigenvalue weighted by molar-refractivity contribution is -0.961. The fourth-order valence-electron chi connectivity index (χ4n) is 1.39. The van der Waals surface area contributed by atoms with E-state index in [4.69, 9.17) is 10.2 Å².